The van der Waals surface area contributed by atoms with Crippen LogP contribution in [0.5, 0.6) is 0 Å². The van der Waals surface area contributed by atoms with E-state index in [1.807, 2.05) is 0 Å². The maximum absolute atomic E-state index is 6.36. The average Bonchev–Trinajstić information content (AvgIpc) is 3.38. The van der Waals surface area contributed by atoms with Crippen LogP contribution in [0, 0.1) is 0 Å². The Morgan fingerprint density at radius 2 is 0.676 bits per heavy atom. The van der Waals surface area contributed by atoms with Crippen molar-refractivity contribution in [3.63, 3.8) is 0 Å². The number of fused-ring (bicyclic) bond motifs is 19. The van der Waals surface area contributed by atoms with Gasteiger partial charge in [0.1, 0.15) is 0 Å². The molecule has 9 aromatic carbocycles. The van der Waals surface area contributed by atoms with Gasteiger partial charge in [-0.3, -0.25) is 0 Å². The summed E-state index contributed by atoms with van der Waals surface area (Å²) in [6, 6.07) is 68.2. The van der Waals surface area contributed by atoms with Crippen molar-refractivity contribution in [1.29, 1.82) is 0 Å². The molecule has 0 bridgehead atoms. The molecule has 11 heteroatoms. The number of pyridine rings is 1. The third-order valence-electron chi connectivity index (χ3n) is 15.3. The second-order valence-electron chi connectivity index (χ2n) is 18.5. The van der Waals surface area contributed by atoms with Gasteiger partial charge in [0.2, 0.25) is 0 Å². The van der Waals surface area contributed by atoms with Gasteiger partial charge < -0.3 is 0 Å². The van der Waals surface area contributed by atoms with Crippen LogP contribution < -0.4 is 88.1 Å². The quantitative estimate of drug-likeness (QED) is 0.218. The molecule has 9 heterocycles. The predicted molar refractivity (Wildman–Crippen MR) is 290 cm³/mol. The summed E-state index contributed by atoms with van der Waals surface area (Å²) in [5, 5.41) is 1.21. The molecule has 10 aromatic rings. The Morgan fingerprint density at radius 1 is 0.309 bits per heavy atom. The standard InChI is InChI=1S/C57H29B2N5Se4/c1-5-21-40-35(17-1)61-39-29-30-50(56-48(39)58(31-13-9-25-44(65-40)52(31)61)32-14-10-27-46-54(32)63(56)37-19-3-7-23-42(37)67-46)60-57-49-51(30)62-36-18-2-6-22-41(36)66-45-26-11-15-33(53(45)62)59(49)34-16-12-28-47-55(34)64(57)38-20-4-8-24-43(38)68-47/h1-29H. The number of benzene rings is 9. The SMILES string of the molecule is c1ccc2c(c1)[Se]c1cccc3c1N2c1cc2c4c5c(nc2c2c1B3c1cccc3c1N2c1ccccc1[Se]3)N1c2ccccc2[Se]c2cccc(c21)B5c1cccc2c1N4c1ccccc1[Se]2. The summed E-state index contributed by atoms with van der Waals surface area (Å²) >= 11 is 0.626. The second kappa shape index (κ2) is 12.9. The zero-order valence-electron chi connectivity index (χ0n) is 35.8. The third kappa shape index (κ3) is 4.36. The molecule has 0 radical (unpaired) electrons. The molecule has 68 heavy (non-hydrogen) atoms. The summed E-state index contributed by atoms with van der Waals surface area (Å²) in [4.78, 5) is 17.0. The van der Waals surface area contributed by atoms with Crippen molar-refractivity contribution in [3.8, 4) is 0 Å². The maximum atomic E-state index is 6.36. The zero-order chi connectivity index (χ0) is 43.7. The van der Waals surface area contributed by atoms with Crippen LogP contribution in [0.2, 0.25) is 0 Å². The predicted octanol–water partition coefficient (Wildman–Crippen LogP) is 2.27. The third-order valence-corrected chi connectivity index (χ3v) is 24.7. The Kier molecular flexibility index (Phi) is 6.98. The minimum absolute atomic E-state index is 0.0213. The Hall–Kier alpha value is -6.20. The Morgan fingerprint density at radius 3 is 1.16 bits per heavy atom. The van der Waals surface area contributed by atoms with Crippen molar-refractivity contribution in [2.24, 2.45) is 0 Å². The molecule has 8 aliphatic rings. The summed E-state index contributed by atoms with van der Waals surface area (Å²) in [5.41, 5.74) is 23.7. The van der Waals surface area contributed by atoms with Crippen molar-refractivity contribution >= 4 is 221 Å². The summed E-state index contributed by atoms with van der Waals surface area (Å²) < 4.78 is 11.4. The topological polar surface area (TPSA) is 25.9 Å². The van der Waals surface area contributed by atoms with Crippen molar-refractivity contribution in [2.45, 2.75) is 0 Å². The first-order valence-corrected chi connectivity index (χ1v) is 30.0. The van der Waals surface area contributed by atoms with Gasteiger partial charge in [-0.05, 0) is 0 Å². The van der Waals surface area contributed by atoms with Crippen LogP contribution in [0.1, 0.15) is 0 Å². The van der Waals surface area contributed by atoms with E-state index in [1.54, 1.807) is 0 Å². The number of rotatable bonds is 0. The van der Waals surface area contributed by atoms with Gasteiger partial charge in [-0.2, -0.15) is 0 Å². The molecule has 0 aliphatic carbocycles. The van der Waals surface area contributed by atoms with Crippen LogP contribution in [0.3, 0.4) is 0 Å². The molecular weight excluding hydrogens is 1090 g/mol. The Labute approximate surface area is 418 Å². The molecule has 18 rings (SSSR count). The Bertz CT molecular complexity index is 3800. The van der Waals surface area contributed by atoms with E-state index in [9.17, 15) is 0 Å². The number of para-hydroxylation sites is 8. The molecule has 0 saturated carbocycles. The second-order valence-corrected chi connectivity index (χ2v) is 27.6. The molecule has 8 aliphatic heterocycles. The van der Waals surface area contributed by atoms with Crippen LogP contribution in [0.25, 0.3) is 10.9 Å². The van der Waals surface area contributed by atoms with E-state index in [-0.39, 0.29) is 73.3 Å². The van der Waals surface area contributed by atoms with Crippen LogP contribution in [-0.4, -0.2) is 78.2 Å². The monoisotopic (exact) mass is 1120 g/mol. The van der Waals surface area contributed by atoms with E-state index in [0.717, 1.165) is 11.3 Å². The summed E-state index contributed by atoms with van der Waals surface area (Å²) in [6.45, 7) is 0.0652. The molecule has 0 spiro atoms. The van der Waals surface area contributed by atoms with Gasteiger partial charge in [-0.15, -0.1) is 0 Å². The van der Waals surface area contributed by atoms with Gasteiger partial charge in [-0.25, -0.2) is 0 Å². The van der Waals surface area contributed by atoms with Gasteiger partial charge in [0.25, 0.3) is 0 Å². The molecule has 0 fully saturated rings. The van der Waals surface area contributed by atoms with Crippen molar-refractivity contribution < 1.29 is 0 Å². The van der Waals surface area contributed by atoms with E-state index in [0.29, 0.717) is 0 Å². The van der Waals surface area contributed by atoms with E-state index in [2.05, 4.69) is 196 Å². The summed E-state index contributed by atoms with van der Waals surface area (Å²) in [6.07, 6.45) is 0. The molecule has 0 amide bonds. The van der Waals surface area contributed by atoms with Gasteiger partial charge in [-0.1, -0.05) is 0 Å². The van der Waals surface area contributed by atoms with E-state index in [1.165, 1.54) is 136 Å². The molecule has 5 nitrogen and oxygen atoms in total. The van der Waals surface area contributed by atoms with Crippen LogP contribution >= 0.6 is 0 Å². The van der Waals surface area contributed by atoms with E-state index < -0.39 is 0 Å². The number of hydrogen-bond acceptors (Lipinski definition) is 5. The van der Waals surface area contributed by atoms with Crippen molar-refractivity contribution in [2.75, 3.05) is 19.6 Å². The fourth-order valence-electron chi connectivity index (χ4n) is 12.9. The van der Waals surface area contributed by atoms with E-state index in [4.69, 9.17) is 4.98 Å². The van der Waals surface area contributed by atoms with Gasteiger partial charge in [0, 0.05) is 0 Å². The minimum atomic E-state index is 0.0213. The fraction of sp³-hybridized carbons (Fsp3) is 0. The van der Waals surface area contributed by atoms with Crippen molar-refractivity contribution in [3.05, 3.63) is 176 Å². The molecule has 0 unspecified atom stereocenters. The molecule has 0 atom stereocenters. The number of hydrogen-bond donors (Lipinski definition) is 0. The number of aromatic nitrogens is 1. The van der Waals surface area contributed by atoms with Gasteiger partial charge in [0.05, 0.1) is 0 Å². The number of anilines is 12. The van der Waals surface area contributed by atoms with Crippen molar-refractivity contribution in [1.82, 2.24) is 4.98 Å². The van der Waals surface area contributed by atoms with Gasteiger partial charge in [0.15, 0.2) is 0 Å². The summed E-state index contributed by atoms with van der Waals surface area (Å²) in [7, 11) is 0. The first-order valence-electron chi connectivity index (χ1n) is 23.1. The number of nitrogens with zero attached hydrogens (tertiary/aromatic N) is 5. The Balaban J connectivity index is 1.08. The zero-order valence-corrected chi connectivity index (χ0v) is 42.6. The molecule has 1 aromatic heterocycles. The average molecular weight is 1120 g/mol. The first-order chi connectivity index (χ1) is 33.8. The molecule has 312 valence electrons. The molecule has 0 saturated heterocycles. The van der Waals surface area contributed by atoms with Crippen LogP contribution in [0.15, 0.2) is 176 Å². The molecule has 0 N–H and O–H groups in total. The van der Waals surface area contributed by atoms with Crippen LogP contribution in [0.4, 0.5) is 68.4 Å². The fourth-order valence-corrected chi connectivity index (χ4v) is 22.1. The van der Waals surface area contributed by atoms with E-state index >= 15 is 0 Å². The summed E-state index contributed by atoms with van der Waals surface area (Å²) in [5.74, 6) is 1.07. The molecular formula is C57H29B2N5Se4. The first kappa shape index (κ1) is 36.8. The van der Waals surface area contributed by atoms with Crippen LogP contribution in [-0.2, 0) is 0 Å². The van der Waals surface area contributed by atoms with Gasteiger partial charge >= 0.3 is 422 Å². The normalized spacial score (nSPS) is 15.5.